The first-order valence-electron chi connectivity index (χ1n) is 8.20. The van der Waals surface area contributed by atoms with Crippen LogP contribution in [0.15, 0.2) is 36.5 Å². The summed E-state index contributed by atoms with van der Waals surface area (Å²) in [5.41, 5.74) is -0.292. The van der Waals surface area contributed by atoms with Crippen LogP contribution in [0.2, 0.25) is 0 Å². The molecule has 144 valence electrons. The summed E-state index contributed by atoms with van der Waals surface area (Å²) >= 11 is 0. The summed E-state index contributed by atoms with van der Waals surface area (Å²) in [6.07, 6.45) is -3.59. The fraction of sp³-hybridized carbons (Fsp3) is 0.333. The van der Waals surface area contributed by atoms with Crippen LogP contribution < -0.4 is 9.80 Å². The van der Waals surface area contributed by atoms with Crippen LogP contribution in [0.3, 0.4) is 0 Å². The second-order valence-corrected chi connectivity index (χ2v) is 6.03. The molecule has 1 aliphatic heterocycles. The number of hydrogen-bond donors (Lipinski definition) is 0. The van der Waals surface area contributed by atoms with Crippen LogP contribution in [0.4, 0.5) is 29.1 Å². The number of hydrogen-bond acceptors (Lipinski definition) is 5. The molecule has 1 aliphatic rings. The Kier molecular flexibility index (Phi) is 5.20. The van der Waals surface area contributed by atoms with Crippen molar-refractivity contribution < 1.29 is 27.1 Å². The molecule has 0 amide bonds. The fourth-order valence-electron chi connectivity index (χ4n) is 2.91. The summed E-state index contributed by atoms with van der Waals surface area (Å²) in [4.78, 5) is 19.2. The lowest BCUT2D eigenvalue weighted by Crippen LogP contribution is -2.46. The van der Waals surface area contributed by atoms with Crippen LogP contribution in [-0.2, 0) is 10.9 Å². The summed E-state index contributed by atoms with van der Waals surface area (Å²) in [6, 6.07) is 6.65. The molecule has 1 aromatic carbocycles. The average Bonchev–Trinajstić information content (AvgIpc) is 2.67. The number of anilines is 2. The van der Waals surface area contributed by atoms with E-state index in [0.29, 0.717) is 37.7 Å². The van der Waals surface area contributed by atoms with E-state index in [2.05, 4.69) is 9.72 Å². The zero-order valence-electron chi connectivity index (χ0n) is 14.5. The van der Waals surface area contributed by atoms with Gasteiger partial charge in [0.1, 0.15) is 11.6 Å². The van der Waals surface area contributed by atoms with Gasteiger partial charge >= 0.3 is 12.1 Å². The largest absolute Gasteiger partial charge is 0.465 e. The van der Waals surface area contributed by atoms with Crippen LogP contribution in [-0.4, -0.2) is 44.2 Å². The Balaban J connectivity index is 1.65. The highest BCUT2D eigenvalue weighted by Gasteiger charge is 2.31. The van der Waals surface area contributed by atoms with Gasteiger partial charge in [0.2, 0.25) is 0 Å². The summed E-state index contributed by atoms with van der Waals surface area (Å²) < 4.78 is 56.4. The number of aromatic nitrogens is 1. The molecule has 1 fully saturated rings. The highest BCUT2D eigenvalue weighted by Crippen LogP contribution is 2.29. The smallest absolute Gasteiger partial charge is 0.417 e. The van der Waals surface area contributed by atoms with Gasteiger partial charge in [-0.2, -0.15) is 13.2 Å². The Morgan fingerprint density at radius 2 is 1.74 bits per heavy atom. The molecule has 0 N–H and O–H groups in total. The second kappa shape index (κ2) is 7.42. The lowest BCUT2D eigenvalue weighted by atomic mass is 10.1. The van der Waals surface area contributed by atoms with E-state index in [1.165, 1.54) is 25.3 Å². The highest BCUT2D eigenvalue weighted by molar-refractivity contribution is 5.90. The van der Waals surface area contributed by atoms with Crippen molar-refractivity contribution in [3.05, 3.63) is 53.5 Å². The first-order chi connectivity index (χ1) is 12.8. The molecular formula is C18H17F4N3O2. The predicted molar refractivity (Wildman–Crippen MR) is 91.4 cm³/mol. The van der Waals surface area contributed by atoms with Crippen molar-refractivity contribution in [3.8, 4) is 0 Å². The monoisotopic (exact) mass is 383 g/mol. The predicted octanol–water partition coefficient (Wildman–Crippen LogP) is 3.35. The zero-order chi connectivity index (χ0) is 19.6. The van der Waals surface area contributed by atoms with Crippen LogP contribution in [0, 0.1) is 5.82 Å². The van der Waals surface area contributed by atoms with E-state index in [1.54, 1.807) is 6.07 Å². The lowest BCUT2D eigenvalue weighted by molar-refractivity contribution is -0.137. The summed E-state index contributed by atoms with van der Waals surface area (Å²) in [5.74, 6) is -0.932. The van der Waals surface area contributed by atoms with Gasteiger partial charge in [0, 0.05) is 38.1 Å². The fourth-order valence-corrected chi connectivity index (χ4v) is 2.91. The quantitative estimate of drug-likeness (QED) is 0.601. The van der Waals surface area contributed by atoms with E-state index in [4.69, 9.17) is 0 Å². The average molecular weight is 383 g/mol. The molecule has 5 nitrogen and oxygen atoms in total. The van der Waals surface area contributed by atoms with Gasteiger partial charge in [0.15, 0.2) is 0 Å². The molecule has 0 atom stereocenters. The Bertz CT molecular complexity index is 816. The molecule has 1 aromatic heterocycles. The van der Waals surface area contributed by atoms with Crippen molar-refractivity contribution in [1.82, 2.24) is 4.98 Å². The van der Waals surface area contributed by atoms with E-state index in [-0.39, 0.29) is 5.56 Å². The SMILES string of the molecule is COC(=O)c1ccc(N2CCN(c3ccc(C(F)(F)F)cn3)CC2)cc1F. The number of esters is 1. The van der Waals surface area contributed by atoms with E-state index < -0.39 is 23.5 Å². The molecule has 0 bridgehead atoms. The minimum atomic E-state index is -4.41. The number of rotatable bonds is 3. The number of alkyl halides is 3. The van der Waals surface area contributed by atoms with Crippen molar-refractivity contribution in [2.45, 2.75) is 6.18 Å². The Morgan fingerprint density at radius 3 is 2.26 bits per heavy atom. The van der Waals surface area contributed by atoms with Crippen molar-refractivity contribution in [3.63, 3.8) is 0 Å². The van der Waals surface area contributed by atoms with E-state index in [1.807, 2.05) is 9.80 Å². The number of nitrogens with zero attached hydrogens (tertiary/aromatic N) is 3. The maximum atomic E-state index is 14.1. The summed E-state index contributed by atoms with van der Waals surface area (Å²) in [7, 11) is 1.18. The number of benzene rings is 1. The topological polar surface area (TPSA) is 45.7 Å². The molecule has 1 saturated heterocycles. The van der Waals surface area contributed by atoms with Gasteiger partial charge in [-0.15, -0.1) is 0 Å². The number of halogens is 4. The van der Waals surface area contributed by atoms with Gasteiger partial charge in [-0.05, 0) is 30.3 Å². The van der Waals surface area contributed by atoms with Gasteiger partial charge in [-0.25, -0.2) is 14.2 Å². The molecule has 2 aromatic rings. The van der Waals surface area contributed by atoms with Crippen LogP contribution in [0.1, 0.15) is 15.9 Å². The van der Waals surface area contributed by atoms with Crippen molar-refractivity contribution in [2.75, 3.05) is 43.1 Å². The Hall–Kier alpha value is -2.84. The van der Waals surface area contributed by atoms with Crippen LogP contribution in [0.25, 0.3) is 0 Å². The Labute approximate surface area is 153 Å². The number of ether oxygens (including phenoxy) is 1. The number of piperazine rings is 1. The molecule has 27 heavy (non-hydrogen) atoms. The van der Waals surface area contributed by atoms with E-state index >= 15 is 0 Å². The van der Waals surface area contributed by atoms with Gasteiger partial charge < -0.3 is 14.5 Å². The third-order valence-electron chi connectivity index (χ3n) is 4.40. The highest BCUT2D eigenvalue weighted by atomic mass is 19.4. The molecule has 0 radical (unpaired) electrons. The van der Waals surface area contributed by atoms with Crippen LogP contribution >= 0.6 is 0 Å². The first kappa shape index (κ1) is 18.9. The van der Waals surface area contributed by atoms with Gasteiger partial charge in [-0.3, -0.25) is 0 Å². The minimum absolute atomic E-state index is 0.131. The van der Waals surface area contributed by atoms with Gasteiger partial charge in [0.05, 0.1) is 18.2 Å². The molecule has 0 aliphatic carbocycles. The number of carbonyl (C=O) groups excluding carboxylic acids is 1. The lowest BCUT2D eigenvalue weighted by Gasteiger charge is -2.36. The maximum Gasteiger partial charge on any atom is 0.417 e. The second-order valence-electron chi connectivity index (χ2n) is 6.03. The molecule has 2 heterocycles. The maximum absolute atomic E-state index is 14.1. The van der Waals surface area contributed by atoms with Crippen molar-refractivity contribution >= 4 is 17.5 Å². The van der Waals surface area contributed by atoms with Gasteiger partial charge in [-0.1, -0.05) is 0 Å². The first-order valence-corrected chi connectivity index (χ1v) is 8.20. The van der Waals surface area contributed by atoms with E-state index in [0.717, 1.165) is 12.3 Å². The third kappa shape index (κ3) is 4.12. The molecule has 3 rings (SSSR count). The minimum Gasteiger partial charge on any atom is -0.465 e. The molecule has 9 heteroatoms. The molecule has 0 unspecified atom stereocenters. The van der Waals surface area contributed by atoms with Crippen molar-refractivity contribution in [1.29, 1.82) is 0 Å². The van der Waals surface area contributed by atoms with E-state index in [9.17, 15) is 22.4 Å². The molecular weight excluding hydrogens is 366 g/mol. The number of pyridine rings is 1. The molecule has 0 saturated carbocycles. The Morgan fingerprint density at radius 1 is 1.07 bits per heavy atom. The zero-order valence-corrected chi connectivity index (χ0v) is 14.5. The number of carbonyl (C=O) groups is 1. The van der Waals surface area contributed by atoms with Crippen molar-refractivity contribution in [2.24, 2.45) is 0 Å². The normalized spacial score (nSPS) is 15.0. The van der Waals surface area contributed by atoms with Gasteiger partial charge in [0.25, 0.3) is 0 Å². The molecule has 0 spiro atoms. The van der Waals surface area contributed by atoms with Crippen LogP contribution in [0.5, 0.6) is 0 Å². The summed E-state index contributed by atoms with van der Waals surface area (Å²) in [5, 5.41) is 0. The standard InChI is InChI=1S/C18H17F4N3O2/c1-27-17(26)14-4-3-13(10-15(14)19)24-6-8-25(9-7-24)16-5-2-12(11-23-16)18(20,21)22/h2-5,10-11H,6-9H2,1H3. The third-order valence-corrected chi connectivity index (χ3v) is 4.40. The number of methoxy groups -OCH3 is 1. The summed E-state index contributed by atoms with van der Waals surface area (Å²) in [6.45, 7) is 2.14.